The van der Waals surface area contributed by atoms with Crippen LogP contribution in [0.25, 0.3) is 0 Å². The molecule has 1 unspecified atom stereocenters. The monoisotopic (exact) mass is 312 g/mol. The maximum Gasteiger partial charge on any atom is 0.253 e. The number of hydrogen-bond acceptors (Lipinski definition) is 2. The van der Waals surface area contributed by atoms with E-state index in [4.69, 9.17) is 0 Å². The third-order valence-electron chi connectivity index (χ3n) is 2.89. The minimum absolute atomic E-state index is 0.0423. The smallest absolute Gasteiger partial charge is 0.253 e. The normalized spacial score (nSPS) is 13.2. The van der Waals surface area contributed by atoms with Crippen LogP contribution in [0.2, 0.25) is 0 Å². The summed E-state index contributed by atoms with van der Waals surface area (Å²) in [6.45, 7) is 8.34. The number of carbonyl (C=O) groups is 1. The second-order valence-electron chi connectivity index (χ2n) is 5.62. The van der Waals surface area contributed by atoms with Gasteiger partial charge >= 0.3 is 0 Å². The van der Waals surface area contributed by atoms with Gasteiger partial charge < -0.3 is 5.32 Å². The number of aromatic nitrogens is 1. The molecule has 1 aromatic rings. The number of amides is 1. The van der Waals surface area contributed by atoms with E-state index in [2.05, 4.69) is 47.0 Å². The molecule has 4 heteroatoms. The first-order valence-electron chi connectivity index (χ1n) is 6.13. The molecule has 0 saturated heterocycles. The van der Waals surface area contributed by atoms with Gasteiger partial charge in [-0.25, -0.2) is 0 Å². The van der Waals surface area contributed by atoms with Crippen molar-refractivity contribution in [3.63, 3.8) is 0 Å². The van der Waals surface area contributed by atoms with Crippen molar-refractivity contribution < 1.29 is 4.79 Å². The highest BCUT2D eigenvalue weighted by Crippen LogP contribution is 2.22. The number of carbonyl (C=O) groups excluding carboxylic acids is 1. The van der Waals surface area contributed by atoms with E-state index in [1.807, 2.05) is 13.0 Å². The van der Waals surface area contributed by atoms with Crippen LogP contribution >= 0.6 is 15.9 Å². The lowest BCUT2D eigenvalue weighted by atomic mass is 9.85. The molecular formula is C14H21BrN2O. The maximum absolute atomic E-state index is 12.2. The number of halogens is 1. The van der Waals surface area contributed by atoms with Crippen molar-refractivity contribution in [2.45, 2.75) is 40.2 Å². The predicted molar refractivity (Wildman–Crippen MR) is 78.1 cm³/mol. The van der Waals surface area contributed by atoms with Crippen LogP contribution < -0.4 is 5.32 Å². The quantitative estimate of drug-likeness (QED) is 0.867. The lowest BCUT2D eigenvalue weighted by molar-refractivity contribution is 0.0900. The summed E-state index contributed by atoms with van der Waals surface area (Å²) < 4.78 is 0. The molecule has 0 aromatic carbocycles. The molecule has 1 N–H and O–H groups in total. The van der Waals surface area contributed by atoms with Crippen molar-refractivity contribution in [3.05, 3.63) is 29.6 Å². The second-order valence-corrected chi connectivity index (χ2v) is 6.41. The fourth-order valence-corrected chi connectivity index (χ4v) is 2.21. The standard InChI is InChI=1S/C14H21BrN2O/c1-10-7-11(9-16-8-10)13(18)17-12(5-6-15)14(2,3)4/h7-9,12H,5-6H2,1-4H3,(H,17,18). The number of nitrogens with one attached hydrogen (secondary N) is 1. The van der Waals surface area contributed by atoms with Crippen LogP contribution in [0.15, 0.2) is 18.5 Å². The molecule has 0 saturated carbocycles. The Balaban J connectivity index is 2.79. The topological polar surface area (TPSA) is 42.0 Å². The molecule has 1 heterocycles. The van der Waals surface area contributed by atoms with Gasteiger partial charge in [0.05, 0.1) is 5.56 Å². The molecule has 0 radical (unpaired) electrons. The van der Waals surface area contributed by atoms with Crippen molar-refractivity contribution in [2.24, 2.45) is 5.41 Å². The van der Waals surface area contributed by atoms with Gasteiger partial charge in [0.1, 0.15) is 0 Å². The zero-order valence-electron chi connectivity index (χ0n) is 11.5. The Kier molecular flexibility index (Phi) is 5.32. The third-order valence-corrected chi connectivity index (χ3v) is 3.34. The van der Waals surface area contributed by atoms with Crippen molar-refractivity contribution in [1.82, 2.24) is 10.3 Å². The van der Waals surface area contributed by atoms with Gasteiger partial charge in [-0.2, -0.15) is 0 Å². The lowest BCUT2D eigenvalue weighted by Gasteiger charge is -2.31. The van der Waals surface area contributed by atoms with E-state index in [-0.39, 0.29) is 17.4 Å². The van der Waals surface area contributed by atoms with Crippen molar-refractivity contribution in [3.8, 4) is 0 Å². The highest BCUT2D eigenvalue weighted by atomic mass is 79.9. The van der Waals surface area contributed by atoms with Crippen molar-refractivity contribution in [2.75, 3.05) is 5.33 Å². The highest BCUT2D eigenvalue weighted by molar-refractivity contribution is 9.09. The summed E-state index contributed by atoms with van der Waals surface area (Å²) in [6.07, 6.45) is 4.27. The minimum atomic E-state index is -0.0490. The molecule has 3 nitrogen and oxygen atoms in total. The number of nitrogens with zero attached hydrogens (tertiary/aromatic N) is 1. The summed E-state index contributed by atoms with van der Waals surface area (Å²) in [4.78, 5) is 16.2. The summed E-state index contributed by atoms with van der Waals surface area (Å²) in [5, 5.41) is 3.97. The minimum Gasteiger partial charge on any atom is -0.349 e. The van der Waals surface area contributed by atoms with E-state index in [9.17, 15) is 4.79 Å². The number of rotatable bonds is 4. The van der Waals surface area contributed by atoms with Crippen LogP contribution in [0.5, 0.6) is 0 Å². The Hall–Kier alpha value is -0.900. The molecule has 0 aliphatic carbocycles. The van der Waals surface area contributed by atoms with Gasteiger partial charge in [0.15, 0.2) is 0 Å². The largest absolute Gasteiger partial charge is 0.349 e. The molecular weight excluding hydrogens is 292 g/mol. The second kappa shape index (κ2) is 6.32. The van der Waals surface area contributed by atoms with Crippen LogP contribution in [0.1, 0.15) is 43.1 Å². The number of aryl methyl sites for hydroxylation is 1. The number of hydrogen-bond donors (Lipinski definition) is 1. The molecule has 1 amide bonds. The molecule has 0 bridgehead atoms. The van der Waals surface area contributed by atoms with E-state index in [0.29, 0.717) is 5.56 Å². The summed E-state index contributed by atoms with van der Waals surface area (Å²) in [7, 11) is 0. The van der Waals surface area contributed by atoms with Gasteiger partial charge in [-0.1, -0.05) is 36.7 Å². The van der Waals surface area contributed by atoms with Crippen molar-refractivity contribution in [1.29, 1.82) is 0 Å². The Morgan fingerprint density at radius 3 is 2.61 bits per heavy atom. The molecule has 0 aliphatic rings. The van der Waals surface area contributed by atoms with Gasteiger partial charge in [0.2, 0.25) is 0 Å². The van der Waals surface area contributed by atoms with Crippen molar-refractivity contribution >= 4 is 21.8 Å². The molecule has 1 rings (SSSR count). The predicted octanol–water partition coefficient (Wildman–Crippen LogP) is 3.32. The Morgan fingerprint density at radius 1 is 1.44 bits per heavy atom. The first kappa shape index (κ1) is 15.2. The van der Waals surface area contributed by atoms with Crippen LogP contribution in [-0.2, 0) is 0 Å². The van der Waals surface area contributed by atoms with E-state index >= 15 is 0 Å². The van der Waals surface area contributed by atoms with Crippen LogP contribution in [0, 0.1) is 12.3 Å². The van der Waals surface area contributed by atoms with Gasteiger partial charge in [0.25, 0.3) is 5.91 Å². The summed E-state index contributed by atoms with van der Waals surface area (Å²) in [5.41, 5.74) is 1.66. The molecule has 0 spiro atoms. The molecule has 1 aromatic heterocycles. The van der Waals surface area contributed by atoms with Gasteiger partial charge in [0, 0.05) is 23.8 Å². The lowest BCUT2D eigenvalue weighted by Crippen LogP contribution is -2.44. The first-order chi connectivity index (χ1) is 8.34. The SMILES string of the molecule is Cc1cncc(C(=O)NC(CCBr)C(C)(C)C)c1. The fourth-order valence-electron chi connectivity index (χ4n) is 1.75. The van der Waals surface area contributed by atoms with E-state index in [1.54, 1.807) is 12.4 Å². The Morgan fingerprint density at radius 2 is 2.11 bits per heavy atom. The van der Waals surface area contributed by atoms with Gasteiger partial charge in [-0.05, 0) is 30.4 Å². The van der Waals surface area contributed by atoms with Gasteiger partial charge in [-0.15, -0.1) is 0 Å². The molecule has 0 fully saturated rings. The number of pyridine rings is 1. The van der Waals surface area contributed by atoms with Gasteiger partial charge in [-0.3, -0.25) is 9.78 Å². The van der Waals surface area contributed by atoms with Crippen LogP contribution in [0.4, 0.5) is 0 Å². The van der Waals surface area contributed by atoms with E-state index < -0.39 is 0 Å². The highest BCUT2D eigenvalue weighted by Gasteiger charge is 2.25. The van der Waals surface area contributed by atoms with Crippen LogP contribution in [-0.4, -0.2) is 22.3 Å². The maximum atomic E-state index is 12.2. The molecule has 0 aliphatic heterocycles. The Bertz CT molecular complexity index is 413. The third kappa shape index (κ3) is 4.41. The van der Waals surface area contributed by atoms with E-state index in [0.717, 1.165) is 17.3 Å². The fraction of sp³-hybridized carbons (Fsp3) is 0.571. The zero-order chi connectivity index (χ0) is 13.8. The summed E-state index contributed by atoms with van der Waals surface area (Å²) >= 11 is 3.44. The zero-order valence-corrected chi connectivity index (χ0v) is 13.0. The molecule has 1 atom stereocenters. The summed E-state index contributed by atoms with van der Waals surface area (Å²) in [5.74, 6) is -0.0490. The molecule has 18 heavy (non-hydrogen) atoms. The van der Waals surface area contributed by atoms with Crippen LogP contribution in [0.3, 0.4) is 0 Å². The average molecular weight is 313 g/mol. The molecule has 100 valence electrons. The summed E-state index contributed by atoms with van der Waals surface area (Å²) in [6, 6.07) is 2.00. The van der Waals surface area contributed by atoms with E-state index in [1.165, 1.54) is 0 Å². The Labute approximate surface area is 118 Å². The average Bonchev–Trinajstić information content (AvgIpc) is 2.27. The number of alkyl halides is 1. The first-order valence-corrected chi connectivity index (χ1v) is 7.25.